The maximum Gasteiger partial charge on any atom is 0.328 e. The van der Waals surface area contributed by atoms with E-state index in [-0.39, 0.29) is 0 Å². The number of aromatic nitrogens is 3. The molecule has 5 rings (SSSR count). The van der Waals surface area contributed by atoms with Gasteiger partial charge in [0.05, 0.1) is 23.7 Å². The molecule has 2 aromatic carbocycles. The minimum Gasteiger partial charge on any atom is -0.481 e. The number of halogens is 1. The molecule has 1 aliphatic carbocycles. The Kier molecular flexibility index (Phi) is 6.14. The number of nitrogens with one attached hydrogen (secondary N) is 1. The predicted octanol–water partition coefficient (Wildman–Crippen LogP) is 5.96. The fourth-order valence-electron chi connectivity index (χ4n) is 4.54. The molecule has 1 aliphatic rings. The van der Waals surface area contributed by atoms with Gasteiger partial charge >= 0.3 is 5.97 Å². The van der Waals surface area contributed by atoms with Gasteiger partial charge in [-0.2, -0.15) is 9.49 Å². The first-order valence-corrected chi connectivity index (χ1v) is 11.4. The number of aliphatic carboxylic acids is 1. The Balaban J connectivity index is 1.79. The van der Waals surface area contributed by atoms with Crippen LogP contribution < -0.4 is 4.74 Å². The number of fused-ring (bicyclic) bond motifs is 1. The van der Waals surface area contributed by atoms with Crippen LogP contribution in [0.15, 0.2) is 66.7 Å². The molecule has 4 aromatic rings. The van der Waals surface area contributed by atoms with E-state index >= 15 is 0 Å². The number of carboxylic acid groups (broad SMARTS) is 1. The Hall–Kier alpha value is -4.26. The average Bonchev–Trinajstić information content (AvgIpc) is 3.22. The SMILES string of the molecule is COc1nc(C=CC(=O)O)ccc1C(=C(c1ccccc1)C1CCC1)c1ccc2n[nH]c(F)c2c1. The quantitative estimate of drug-likeness (QED) is 0.257. The van der Waals surface area contributed by atoms with Crippen LogP contribution in [0.3, 0.4) is 0 Å². The van der Waals surface area contributed by atoms with E-state index in [0.29, 0.717) is 28.4 Å². The summed E-state index contributed by atoms with van der Waals surface area (Å²) < 4.78 is 20.2. The third-order valence-corrected chi connectivity index (χ3v) is 6.40. The van der Waals surface area contributed by atoms with Gasteiger partial charge in [0.1, 0.15) is 0 Å². The van der Waals surface area contributed by atoms with E-state index in [9.17, 15) is 9.18 Å². The molecule has 0 saturated heterocycles. The van der Waals surface area contributed by atoms with Crippen LogP contribution in [-0.4, -0.2) is 33.4 Å². The highest BCUT2D eigenvalue weighted by Crippen LogP contribution is 2.46. The summed E-state index contributed by atoms with van der Waals surface area (Å²) in [6.45, 7) is 0. The Morgan fingerprint density at radius 1 is 1.11 bits per heavy atom. The number of H-pyrrole nitrogens is 1. The molecule has 0 spiro atoms. The number of methoxy groups -OCH3 is 1. The second-order valence-electron chi connectivity index (χ2n) is 8.52. The van der Waals surface area contributed by atoms with E-state index in [4.69, 9.17) is 9.84 Å². The monoisotopic (exact) mass is 469 g/mol. The molecule has 6 nitrogen and oxygen atoms in total. The number of aromatic amines is 1. The largest absolute Gasteiger partial charge is 0.481 e. The van der Waals surface area contributed by atoms with Crippen molar-refractivity contribution in [3.63, 3.8) is 0 Å². The number of benzene rings is 2. The van der Waals surface area contributed by atoms with Crippen molar-refractivity contribution in [2.24, 2.45) is 5.92 Å². The third-order valence-electron chi connectivity index (χ3n) is 6.40. The highest BCUT2D eigenvalue weighted by Gasteiger charge is 2.29. The van der Waals surface area contributed by atoms with Crippen molar-refractivity contribution in [3.05, 3.63) is 95.1 Å². The van der Waals surface area contributed by atoms with Gasteiger partial charge < -0.3 is 9.84 Å². The Bertz CT molecular complexity index is 1450. The molecular weight excluding hydrogens is 445 g/mol. The number of rotatable bonds is 7. The molecule has 2 aromatic heterocycles. The number of allylic oxidation sites excluding steroid dienone is 1. The lowest BCUT2D eigenvalue weighted by Crippen LogP contribution is -2.15. The van der Waals surface area contributed by atoms with Gasteiger partial charge in [0.25, 0.3) is 0 Å². The Morgan fingerprint density at radius 3 is 2.60 bits per heavy atom. The molecule has 0 bridgehead atoms. The zero-order chi connectivity index (χ0) is 24.4. The first-order chi connectivity index (χ1) is 17.0. The molecule has 0 unspecified atom stereocenters. The van der Waals surface area contributed by atoms with Crippen molar-refractivity contribution < 1.29 is 19.0 Å². The molecule has 0 aliphatic heterocycles. The van der Waals surface area contributed by atoms with Crippen molar-refractivity contribution in [2.45, 2.75) is 19.3 Å². The van der Waals surface area contributed by atoms with E-state index in [2.05, 4.69) is 27.3 Å². The van der Waals surface area contributed by atoms with Crippen LogP contribution in [0.4, 0.5) is 4.39 Å². The standard InChI is InChI=1S/C28H24FN3O3/c1-35-28-21(13-11-20(30-28)12-15-24(33)34)26(19-10-14-23-22(16-19)27(29)32-31-23)25(18-8-5-9-18)17-6-3-2-4-7-17/h2-4,6-7,10-16,18H,5,8-9H2,1H3,(H,31,32)(H,33,34). The summed E-state index contributed by atoms with van der Waals surface area (Å²) in [6, 6.07) is 19.4. The Morgan fingerprint density at radius 2 is 1.91 bits per heavy atom. The smallest absolute Gasteiger partial charge is 0.328 e. The van der Waals surface area contributed by atoms with Crippen LogP contribution in [-0.2, 0) is 4.79 Å². The van der Waals surface area contributed by atoms with Gasteiger partial charge in [0.2, 0.25) is 11.8 Å². The topological polar surface area (TPSA) is 88.1 Å². The zero-order valence-corrected chi connectivity index (χ0v) is 19.2. The number of hydrogen-bond donors (Lipinski definition) is 2. The van der Waals surface area contributed by atoms with E-state index in [0.717, 1.165) is 53.2 Å². The van der Waals surface area contributed by atoms with Gasteiger partial charge in [-0.25, -0.2) is 9.78 Å². The molecule has 35 heavy (non-hydrogen) atoms. The molecular formula is C28H24FN3O3. The van der Waals surface area contributed by atoms with Crippen LogP contribution >= 0.6 is 0 Å². The second kappa shape index (κ2) is 9.54. The van der Waals surface area contributed by atoms with Crippen LogP contribution in [0.1, 0.15) is 41.6 Å². The number of ether oxygens (including phenoxy) is 1. The molecule has 1 saturated carbocycles. The number of nitrogens with zero attached hydrogens (tertiary/aromatic N) is 2. The van der Waals surface area contributed by atoms with Gasteiger partial charge in [-0.1, -0.05) is 42.8 Å². The van der Waals surface area contributed by atoms with Crippen LogP contribution in [0.2, 0.25) is 0 Å². The number of hydrogen-bond acceptors (Lipinski definition) is 4. The summed E-state index contributed by atoms with van der Waals surface area (Å²) in [5, 5.41) is 15.8. The summed E-state index contributed by atoms with van der Waals surface area (Å²) in [5.41, 5.74) is 5.78. The molecule has 7 heteroatoms. The normalized spacial score (nSPS) is 14.7. The summed E-state index contributed by atoms with van der Waals surface area (Å²) >= 11 is 0. The van der Waals surface area contributed by atoms with Crippen LogP contribution in [0, 0.1) is 11.9 Å². The summed E-state index contributed by atoms with van der Waals surface area (Å²) in [7, 11) is 1.54. The molecule has 176 valence electrons. The third kappa shape index (κ3) is 4.45. The molecule has 1 fully saturated rings. The van der Waals surface area contributed by atoms with Gasteiger partial charge in [-0.05, 0) is 71.4 Å². The first-order valence-electron chi connectivity index (χ1n) is 11.4. The minimum absolute atomic E-state index is 0.341. The van der Waals surface area contributed by atoms with E-state index in [1.165, 1.54) is 6.08 Å². The number of carbonyl (C=O) groups is 1. The second-order valence-corrected chi connectivity index (χ2v) is 8.52. The van der Waals surface area contributed by atoms with Crippen molar-refractivity contribution >= 4 is 34.1 Å². The highest BCUT2D eigenvalue weighted by atomic mass is 19.1. The van der Waals surface area contributed by atoms with Crippen LogP contribution in [0.25, 0.3) is 28.1 Å². The lowest BCUT2D eigenvalue weighted by Gasteiger charge is -2.32. The fourth-order valence-corrected chi connectivity index (χ4v) is 4.54. The van der Waals surface area contributed by atoms with Crippen molar-refractivity contribution in [2.75, 3.05) is 7.11 Å². The van der Waals surface area contributed by atoms with Crippen LogP contribution in [0.5, 0.6) is 5.88 Å². The first kappa shape index (κ1) is 22.5. The lowest BCUT2D eigenvalue weighted by molar-refractivity contribution is -0.131. The molecule has 2 N–H and O–H groups in total. The van der Waals surface area contributed by atoms with E-state index in [1.54, 1.807) is 19.2 Å². The summed E-state index contributed by atoms with van der Waals surface area (Å²) in [6.07, 6.45) is 5.74. The highest BCUT2D eigenvalue weighted by molar-refractivity contribution is 6.02. The van der Waals surface area contributed by atoms with Crippen molar-refractivity contribution in [1.82, 2.24) is 15.2 Å². The predicted molar refractivity (Wildman–Crippen MR) is 133 cm³/mol. The molecule has 0 atom stereocenters. The lowest BCUT2D eigenvalue weighted by atomic mass is 9.73. The molecule has 2 heterocycles. The summed E-state index contributed by atoms with van der Waals surface area (Å²) in [4.78, 5) is 15.5. The molecule has 0 amide bonds. The maximum atomic E-state index is 14.5. The average molecular weight is 470 g/mol. The Labute approximate surface area is 201 Å². The maximum absolute atomic E-state index is 14.5. The van der Waals surface area contributed by atoms with E-state index < -0.39 is 11.9 Å². The minimum atomic E-state index is -1.05. The number of pyridine rings is 1. The van der Waals surface area contributed by atoms with Gasteiger partial charge in [0.15, 0.2) is 0 Å². The molecule has 0 radical (unpaired) electrons. The van der Waals surface area contributed by atoms with Crippen molar-refractivity contribution in [1.29, 1.82) is 0 Å². The van der Waals surface area contributed by atoms with Gasteiger partial charge in [0, 0.05) is 11.6 Å². The van der Waals surface area contributed by atoms with Gasteiger partial charge in [-0.3, -0.25) is 5.10 Å². The van der Waals surface area contributed by atoms with Crippen molar-refractivity contribution in [3.8, 4) is 5.88 Å². The summed E-state index contributed by atoms with van der Waals surface area (Å²) in [5.74, 6) is -0.825. The fraction of sp³-hybridized carbons (Fsp3) is 0.179. The van der Waals surface area contributed by atoms with Gasteiger partial charge in [-0.15, -0.1) is 0 Å². The zero-order valence-electron chi connectivity index (χ0n) is 19.2. The van der Waals surface area contributed by atoms with E-state index in [1.807, 2.05) is 36.4 Å². The number of carboxylic acids is 1.